The highest BCUT2D eigenvalue weighted by Crippen LogP contribution is 2.31. The van der Waals surface area contributed by atoms with Gasteiger partial charge in [0.25, 0.3) is 0 Å². The zero-order chi connectivity index (χ0) is 13.9. The maximum atomic E-state index is 5.75. The lowest BCUT2D eigenvalue weighted by Gasteiger charge is -2.19. The van der Waals surface area contributed by atoms with Gasteiger partial charge in [0.1, 0.15) is 5.75 Å². The van der Waals surface area contributed by atoms with E-state index in [-0.39, 0.29) is 0 Å². The van der Waals surface area contributed by atoms with Crippen LogP contribution >= 0.6 is 0 Å². The molecule has 0 saturated carbocycles. The molecule has 0 spiro atoms. The number of anilines is 2. The number of ether oxygens (including phenoxy) is 1. The number of nitrogens with two attached hydrogens (primary N) is 1. The fraction of sp³-hybridized carbons (Fsp3) is 0.294. The van der Waals surface area contributed by atoms with Crippen molar-refractivity contribution in [1.82, 2.24) is 0 Å². The fourth-order valence-electron chi connectivity index (χ4n) is 2.83. The zero-order valence-electron chi connectivity index (χ0n) is 11.8. The predicted molar refractivity (Wildman–Crippen MR) is 83.4 cm³/mol. The zero-order valence-corrected chi connectivity index (χ0v) is 11.8. The van der Waals surface area contributed by atoms with Crippen molar-refractivity contribution in [3.8, 4) is 5.75 Å². The number of nitrogen functional groups attached to an aromatic ring is 1. The number of methoxy groups -OCH3 is 1. The largest absolute Gasteiger partial charge is 0.497 e. The molecule has 2 N–H and O–H groups in total. The molecule has 2 aromatic carbocycles. The van der Waals surface area contributed by atoms with Gasteiger partial charge in [-0.15, -0.1) is 0 Å². The second-order valence-corrected chi connectivity index (χ2v) is 5.30. The Bertz CT molecular complexity index is 563. The summed E-state index contributed by atoms with van der Waals surface area (Å²) >= 11 is 0. The van der Waals surface area contributed by atoms with Crippen LogP contribution in [-0.2, 0) is 0 Å². The van der Waals surface area contributed by atoms with Gasteiger partial charge in [-0.25, -0.2) is 0 Å². The summed E-state index contributed by atoms with van der Waals surface area (Å²) < 4.78 is 5.20. The van der Waals surface area contributed by atoms with Crippen LogP contribution in [-0.4, -0.2) is 20.2 Å². The Hall–Kier alpha value is -2.16. The average Bonchev–Trinajstić information content (AvgIpc) is 2.98. The van der Waals surface area contributed by atoms with Crippen molar-refractivity contribution in [2.45, 2.75) is 12.3 Å². The molecule has 2 aromatic rings. The van der Waals surface area contributed by atoms with Crippen molar-refractivity contribution in [3.05, 3.63) is 54.1 Å². The monoisotopic (exact) mass is 268 g/mol. The van der Waals surface area contributed by atoms with Crippen molar-refractivity contribution in [2.24, 2.45) is 0 Å². The molecule has 0 bridgehead atoms. The van der Waals surface area contributed by atoms with E-state index in [4.69, 9.17) is 10.5 Å². The second kappa shape index (κ2) is 5.45. The maximum absolute atomic E-state index is 5.75. The van der Waals surface area contributed by atoms with Crippen LogP contribution in [0.1, 0.15) is 17.9 Å². The van der Waals surface area contributed by atoms with Gasteiger partial charge >= 0.3 is 0 Å². The minimum atomic E-state index is 0.595. The Morgan fingerprint density at radius 2 is 1.75 bits per heavy atom. The smallest absolute Gasteiger partial charge is 0.119 e. The SMILES string of the molecule is COc1ccc(N2CCC(c3ccc(N)cc3)C2)cc1. The summed E-state index contributed by atoms with van der Waals surface area (Å²) in [5.74, 6) is 1.50. The summed E-state index contributed by atoms with van der Waals surface area (Å²) in [7, 11) is 1.70. The first-order valence-corrected chi connectivity index (χ1v) is 7.01. The van der Waals surface area contributed by atoms with E-state index in [1.54, 1.807) is 7.11 Å². The van der Waals surface area contributed by atoms with E-state index in [0.29, 0.717) is 5.92 Å². The summed E-state index contributed by atoms with van der Waals surface area (Å²) in [6, 6.07) is 16.6. The van der Waals surface area contributed by atoms with Crippen LogP contribution in [0.4, 0.5) is 11.4 Å². The molecule has 0 amide bonds. The first-order valence-electron chi connectivity index (χ1n) is 7.01. The number of hydrogen-bond acceptors (Lipinski definition) is 3. The van der Waals surface area contributed by atoms with Gasteiger partial charge in [0.05, 0.1) is 7.11 Å². The number of hydrogen-bond donors (Lipinski definition) is 1. The molecule has 20 heavy (non-hydrogen) atoms. The minimum absolute atomic E-state index is 0.595. The Labute approximate surface area is 120 Å². The van der Waals surface area contributed by atoms with E-state index in [1.165, 1.54) is 17.7 Å². The first kappa shape index (κ1) is 12.9. The number of nitrogens with zero attached hydrogens (tertiary/aromatic N) is 1. The Kier molecular flexibility index (Phi) is 3.50. The highest BCUT2D eigenvalue weighted by atomic mass is 16.5. The van der Waals surface area contributed by atoms with Crippen molar-refractivity contribution in [3.63, 3.8) is 0 Å². The molecule has 1 atom stereocenters. The van der Waals surface area contributed by atoms with E-state index < -0.39 is 0 Å². The summed E-state index contributed by atoms with van der Waals surface area (Å²) in [4.78, 5) is 2.43. The molecule has 0 radical (unpaired) electrons. The molecule has 1 saturated heterocycles. The van der Waals surface area contributed by atoms with Crippen LogP contribution < -0.4 is 15.4 Å². The third-order valence-corrected chi connectivity index (χ3v) is 4.03. The normalized spacial score (nSPS) is 18.2. The topological polar surface area (TPSA) is 38.5 Å². The molecule has 3 nitrogen and oxygen atoms in total. The molecule has 1 aliphatic rings. The highest BCUT2D eigenvalue weighted by molar-refractivity contribution is 5.51. The van der Waals surface area contributed by atoms with E-state index in [9.17, 15) is 0 Å². The molecule has 3 rings (SSSR count). The van der Waals surface area contributed by atoms with Gasteiger partial charge in [-0.05, 0) is 48.4 Å². The number of rotatable bonds is 3. The van der Waals surface area contributed by atoms with Crippen molar-refractivity contribution in [1.29, 1.82) is 0 Å². The molecule has 0 aromatic heterocycles. The highest BCUT2D eigenvalue weighted by Gasteiger charge is 2.23. The minimum Gasteiger partial charge on any atom is -0.497 e. The lowest BCUT2D eigenvalue weighted by Crippen LogP contribution is -2.18. The molecule has 104 valence electrons. The first-order chi connectivity index (χ1) is 9.76. The van der Waals surface area contributed by atoms with Crippen LogP contribution in [0, 0.1) is 0 Å². The van der Waals surface area contributed by atoms with Gasteiger partial charge in [-0.1, -0.05) is 12.1 Å². The van der Waals surface area contributed by atoms with E-state index in [1.807, 2.05) is 24.3 Å². The molecule has 3 heteroatoms. The summed E-state index contributed by atoms with van der Waals surface area (Å²) in [6.45, 7) is 2.16. The standard InChI is InChI=1S/C17H20N2O/c1-20-17-8-6-16(7-9-17)19-11-10-14(12-19)13-2-4-15(18)5-3-13/h2-9,14H,10-12,18H2,1H3. The molecule has 1 unspecified atom stereocenters. The van der Waals surface area contributed by atoms with Gasteiger partial charge in [-0.2, -0.15) is 0 Å². The second-order valence-electron chi connectivity index (χ2n) is 5.30. The Morgan fingerprint density at radius 1 is 1.05 bits per heavy atom. The van der Waals surface area contributed by atoms with Crippen LogP contribution in [0.2, 0.25) is 0 Å². The van der Waals surface area contributed by atoms with Gasteiger partial charge in [0.15, 0.2) is 0 Å². The average molecular weight is 268 g/mol. The van der Waals surface area contributed by atoms with Gasteiger partial charge in [0, 0.05) is 30.4 Å². The van der Waals surface area contributed by atoms with Crippen LogP contribution in [0.5, 0.6) is 5.75 Å². The van der Waals surface area contributed by atoms with Crippen molar-refractivity contribution < 1.29 is 4.74 Å². The summed E-state index contributed by atoms with van der Waals surface area (Å²) in [6.07, 6.45) is 1.19. The third kappa shape index (κ3) is 2.57. The molecule has 1 fully saturated rings. The summed E-state index contributed by atoms with van der Waals surface area (Å²) in [5.41, 5.74) is 9.23. The van der Waals surface area contributed by atoms with Crippen LogP contribution in [0.3, 0.4) is 0 Å². The van der Waals surface area contributed by atoms with Gasteiger partial charge < -0.3 is 15.4 Å². The molecule has 1 aliphatic heterocycles. The van der Waals surface area contributed by atoms with E-state index in [0.717, 1.165) is 24.5 Å². The third-order valence-electron chi connectivity index (χ3n) is 4.03. The van der Waals surface area contributed by atoms with E-state index in [2.05, 4.69) is 29.2 Å². The lowest BCUT2D eigenvalue weighted by molar-refractivity contribution is 0.415. The van der Waals surface area contributed by atoms with Crippen LogP contribution in [0.15, 0.2) is 48.5 Å². The number of benzene rings is 2. The Balaban J connectivity index is 1.71. The molecule has 0 aliphatic carbocycles. The molecule has 1 heterocycles. The fourth-order valence-corrected chi connectivity index (χ4v) is 2.83. The lowest BCUT2D eigenvalue weighted by atomic mass is 9.98. The Morgan fingerprint density at radius 3 is 2.40 bits per heavy atom. The van der Waals surface area contributed by atoms with E-state index >= 15 is 0 Å². The van der Waals surface area contributed by atoms with Gasteiger partial charge in [-0.3, -0.25) is 0 Å². The summed E-state index contributed by atoms with van der Waals surface area (Å²) in [5, 5.41) is 0. The van der Waals surface area contributed by atoms with Crippen molar-refractivity contribution >= 4 is 11.4 Å². The molecular weight excluding hydrogens is 248 g/mol. The maximum Gasteiger partial charge on any atom is 0.119 e. The molecular formula is C17H20N2O. The quantitative estimate of drug-likeness (QED) is 0.868. The van der Waals surface area contributed by atoms with Gasteiger partial charge in [0.2, 0.25) is 0 Å². The predicted octanol–water partition coefficient (Wildman–Crippen LogP) is 3.27. The van der Waals surface area contributed by atoms with Crippen molar-refractivity contribution in [2.75, 3.05) is 30.8 Å². The van der Waals surface area contributed by atoms with Crippen LogP contribution in [0.25, 0.3) is 0 Å².